The predicted octanol–water partition coefficient (Wildman–Crippen LogP) is 3.06. The largest absolute Gasteiger partial charge is 0.452 e. The Morgan fingerprint density at radius 1 is 1.11 bits per heavy atom. The van der Waals surface area contributed by atoms with Crippen LogP contribution in [0.25, 0.3) is 0 Å². The molecule has 142 valence electrons. The van der Waals surface area contributed by atoms with Gasteiger partial charge in [-0.15, -0.1) is 11.8 Å². The van der Waals surface area contributed by atoms with Crippen molar-refractivity contribution in [3.8, 4) is 0 Å². The van der Waals surface area contributed by atoms with Crippen LogP contribution < -0.4 is 11.1 Å². The van der Waals surface area contributed by atoms with Crippen LogP contribution in [0.1, 0.15) is 28.4 Å². The molecule has 0 saturated heterocycles. The monoisotopic (exact) mass is 386 g/mol. The molecule has 0 aliphatic carbocycles. The summed E-state index contributed by atoms with van der Waals surface area (Å²) in [6, 6.07) is 12.2. The van der Waals surface area contributed by atoms with Crippen LogP contribution in [0.3, 0.4) is 0 Å². The molecule has 0 radical (unpaired) electrons. The third kappa shape index (κ3) is 6.14. The summed E-state index contributed by atoms with van der Waals surface area (Å²) in [5.41, 5.74) is 8.20. The predicted molar refractivity (Wildman–Crippen MR) is 106 cm³/mol. The Labute approximate surface area is 162 Å². The van der Waals surface area contributed by atoms with Crippen molar-refractivity contribution in [2.45, 2.75) is 31.8 Å². The van der Waals surface area contributed by atoms with Gasteiger partial charge in [-0.25, -0.2) is 0 Å². The molecule has 0 aliphatic heterocycles. The molecule has 27 heavy (non-hydrogen) atoms. The first-order valence-corrected chi connectivity index (χ1v) is 9.35. The lowest BCUT2D eigenvalue weighted by Gasteiger charge is -2.14. The van der Waals surface area contributed by atoms with Crippen molar-refractivity contribution < 1.29 is 19.1 Å². The van der Waals surface area contributed by atoms with E-state index in [0.717, 1.165) is 16.0 Å². The molecule has 0 saturated carbocycles. The van der Waals surface area contributed by atoms with Crippen LogP contribution in [0.4, 0.5) is 5.69 Å². The molecule has 2 aromatic rings. The van der Waals surface area contributed by atoms with Crippen LogP contribution in [-0.2, 0) is 14.3 Å². The van der Waals surface area contributed by atoms with Gasteiger partial charge >= 0.3 is 5.97 Å². The minimum atomic E-state index is -0.937. The highest BCUT2D eigenvalue weighted by atomic mass is 32.2. The van der Waals surface area contributed by atoms with Crippen molar-refractivity contribution in [3.63, 3.8) is 0 Å². The lowest BCUT2D eigenvalue weighted by molar-refractivity contribution is -0.150. The molecule has 0 bridgehead atoms. The van der Waals surface area contributed by atoms with E-state index < -0.39 is 23.9 Å². The zero-order chi connectivity index (χ0) is 20.0. The molecule has 2 rings (SSSR count). The van der Waals surface area contributed by atoms with Crippen LogP contribution in [-0.4, -0.2) is 29.6 Å². The highest BCUT2D eigenvalue weighted by molar-refractivity contribution is 8.00. The number of nitrogens with two attached hydrogens (primary N) is 1. The molecule has 0 heterocycles. The van der Waals surface area contributed by atoms with Gasteiger partial charge in [0, 0.05) is 16.1 Å². The van der Waals surface area contributed by atoms with Crippen LogP contribution in [0, 0.1) is 13.8 Å². The molecule has 0 aliphatic rings. The fraction of sp³-hybridized carbons (Fsp3) is 0.250. The van der Waals surface area contributed by atoms with Gasteiger partial charge in [-0.1, -0.05) is 17.7 Å². The number of esters is 1. The Morgan fingerprint density at radius 3 is 2.41 bits per heavy atom. The van der Waals surface area contributed by atoms with Gasteiger partial charge in [0.05, 0.1) is 5.75 Å². The molecule has 0 fully saturated rings. The highest BCUT2D eigenvalue weighted by Gasteiger charge is 2.18. The Balaban J connectivity index is 1.85. The van der Waals surface area contributed by atoms with E-state index in [0.29, 0.717) is 11.3 Å². The molecule has 0 aromatic heterocycles. The van der Waals surface area contributed by atoms with Crippen LogP contribution in [0.15, 0.2) is 47.4 Å². The number of ether oxygens (including phenoxy) is 1. The second-order valence-corrected chi connectivity index (χ2v) is 7.14. The molecule has 6 nitrogen and oxygen atoms in total. The van der Waals surface area contributed by atoms with Gasteiger partial charge in [-0.05, 0) is 56.7 Å². The first kappa shape index (κ1) is 20.5. The maximum Gasteiger partial charge on any atom is 0.317 e. The molecule has 0 unspecified atom stereocenters. The van der Waals surface area contributed by atoms with Gasteiger partial charge in [0.25, 0.3) is 5.91 Å². The smallest absolute Gasteiger partial charge is 0.317 e. The number of nitrogens with one attached hydrogen (secondary N) is 1. The van der Waals surface area contributed by atoms with E-state index >= 15 is 0 Å². The van der Waals surface area contributed by atoms with Gasteiger partial charge in [0.1, 0.15) is 0 Å². The summed E-state index contributed by atoms with van der Waals surface area (Å²) in [5.74, 6) is -1.34. The molecule has 7 heteroatoms. The number of carbonyl (C=O) groups excluding carboxylic acids is 3. The molecule has 2 aromatic carbocycles. The van der Waals surface area contributed by atoms with Crippen molar-refractivity contribution >= 4 is 35.2 Å². The van der Waals surface area contributed by atoms with Crippen molar-refractivity contribution in [1.29, 1.82) is 0 Å². The van der Waals surface area contributed by atoms with E-state index in [4.69, 9.17) is 10.5 Å². The molecule has 1 atom stereocenters. The Kier molecular flexibility index (Phi) is 7.01. The summed E-state index contributed by atoms with van der Waals surface area (Å²) in [5, 5.41) is 2.63. The number of primary amides is 1. The van der Waals surface area contributed by atoms with E-state index in [1.54, 1.807) is 12.1 Å². The minimum Gasteiger partial charge on any atom is -0.452 e. The summed E-state index contributed by atoms with van der Waals surface area (Å²) in [6.07, 6.45) is -0.937. The maximum absolute atomic E-state index is 12.2. The van der Waals surface area contributed by atoms with E-state index in [9.17, 15) is 14.4 Å². The van der Waals surface area contributed by atoms with Gasteiger partial charge in [0.2, 0.25) is 5.91 Å². The summed E-state index contributed by atoms with van der Waals surface area (Å²) in [7, 11) is 0. The summed E-state index contributed by atoms with van der Waals surface area (Å²) in [4.78, 5) is 36.2. The van der Waals surface area contributed by atoms with E-state index in [-0.39, 0.29) is 5.75 Å². The average Bonchev–Trinajstić information content (AvgIpc) is 2.62. The van der Waals surface area contributed by atoms with Crippen LogP contribution in [0.2, 0.25) is 0 Å². The van der Waals surface area contributed by atoms with Crippen molar-refractivity contribution in [2.75, 3.05) is 11.1 Å². The number of rotatable bonds is 7. The number of carbonyl (C=O) groups is 3. The van der Waals surface area contributed by atoms with E-state index in [1.165, 1.54) is 30.8 Å². The van der Waals surface area contributed by atoms with E-state index in [1.807, 2.05) is 32.0 Å². The van der Waals surface area contributed by atoms with E-state index in [2.05, 4.69) is 5.32 Å². The van der Waals surface area contributed by atoms with Gasteiger partial charge < -0.3 is 15.8 Å². The van der Waals surface area contributed by atoms with Crippen LogP contribution in [0.5, 0.6) is 0 Å². The topological polar surface area (TPSA) is 98.5 Å². The summed E-state index contributed by atoms with van der Waals surface area (Å²) < 4.78 is 5.19. The number of amides is 2. The maximum atomic E-state index is 12.2. The standard InChI is InChI=1S/C20H22N2O4S/c1-12-4-5-13(2)17(10-12)27-11-18(23)26-14(3)20(25)22-16-8-6-15(7-9-16)19(21)24/h4-10,14H,11H2,1-3H3,(H2,21,24)(H,22,25)/t14-/m1/s1. The molecule has 2 amide bonds. The molecular weight excluding hydrogens is 364 g/mol. The van der Waals surface area contributed by atoms with Gasteiger partial charge in [0.15, 0.2) is 6.10 Å². The average molecular weight is 386 g/mol. The number of hydrogen-bond donors (Lipinski definition) is 2. The summed E-state index contributed by atoms with van der Waals surface area (Å²) >= 11 is 1.38. The highest BCUT2D eigenvalue weighted by Crippen LogP contribution is 2.23. The minimum absolute atomic E-state index is 0.120. The lowest BCUT2D eigenvalue weighted by atomic mass is 10.2. The molecule has 0 spiro atoms. The number of benzene rings is 2. The Hall–Kier alpha value is -2.80. The Morgan fingerprint density at radius 2 is 1.78 bits per heavy atom. The van der Waals surface area contributed by atoms with Crippen molar-refractivity contribution in [2.24, 2.45) is 5.73 Å². The first-order valence-electron chi connectivity index (χ1n) is 8.36. The lowest BCUT2D eigenvalue weighted by Crippen LogP contribution is -2.30. The molecule has 3 N–H and O–H groups in total. The molecular formula is C20H22N2O4S. The van der Waals surface area contributed by atoms with Crippen molar-refractivity contribution in [1.82, 2.24) is 0 Å². The first-order chi connectivity index (χ1) is 12.8. The number of aryl methyl sites for hydroxylation is 2. The Bertz CT molecular complexity index is 850. The second kappa shape index (κ2) is 9.23. The number of hydrogen-bond acceptors (Lipinski definition) is 5. The van der Waals surface area contributed by atoms with Crippen LogP contribution >= 0.6 is 11.8 Å². The van der Waals surface area contributed by atoms with Gasteiger partial charge in [-0.2, -0.15) is 0 Å². The second-order valence-electron chi connectivity index (χ2n) is 6.12. The third-order valence-electron chi connectivity index (χ3n) is 3.80. The normalized spacial score (nSPS) is 11.5. The van der Waals surface area contributed by atoms with Gasteiger partial charge in [-0.3, -0.25) is 14.4 Å². The quantitative estimate of drug-likeness (QED) is 0.563. The zero-order valence-corrected chi connectivity index (χ0v) is 16.3. The fourth-order valence-electron chi connectivity index (χ4n) is 2.25. The summed E-state index contributed by atoms with van der Waals surface area (Å²) in [6.45, 7) is 5.48. The number of thioether (sulfide) groups is 1. The zero-order valence-electron chi connectivity index (χ0n) is 15.4. The number of anilines is 1. The third-order valence-corrected chi connectivity index (χ3v) is 4.93. The SMILES string of the molecule is Cc1ccc(C)c(SCC(=O)O[C@H](C)C(=O)Nc2ccc(C(N)=O)cc2)c1. The van der Waals surface area contributed by atoms with Crippen molar-refractivity contribution in [3.05, 3.63) is 59.2 Å². The fourth-order valence-corrected chi connectivity index (χ4v) is 3.15.